The normalized spacial score (nSPS) is 16.0. The van der Waals surface area contributed by atoms with Gasteiger partial charge in [0.05, 0.1) is 6.10 Å². The fraction of sp³-hybridized carbons (Fsp3) is 0.706. The Morgan fingerprint density at radius 3 is 2.48 bits per heavy atom. The van der Waals surface area contributed by atoms with Gasteiger partial charge in [0.2, 0.25) is 0 Å². The first-order valence-corrected chi connectivity index (χ1v) is 8.43. The van der Waals surface area contributed by atoms with E-state index in [0.717, 1.165) is 30.2 Å². The average molecular weight is 320 g/mol. The van der Waals surface area contributed by atoms with Crippen molar-refractivity contribution in [1.29, 1.82) is 0 Å². The highest BCUT2D eigenvalue weighted by Crippen LogP contribution is 2.19. The molecule has 0 saturated carbocycles. The van der Waals surface area contributed by atoms with E-state index in [0.29, 0.717) is 25.0 Å². The standard InChI is InChI=1S/C17H28N4O2/c1-11(2)16-18-13(5)10-15(20-16)19-14-6-8-21(9-7-14)17(22)23-12(3)4/h10-12,14H,6-9H2,1-5H3,(H,18,19,20). The van der Waals surface area contributed by atoms with Gasteiger partial charge in [-0.05, 0) is 33.6 Å². The minimum Gasteiger partial charge on any atom is -0.447 e. The highest BCUT2D eigenvalue weighted by Gasteiger charge is 2.24. The van der Waals surface area contributed by atoms with Crippen LogP contribution in [-0.2, 0) is 4.74 Å². The van der Waals surface area contributed by atoms with Gasteiger partial charge in [0, 0.05) is 36.8 Å². The molecular formula is C17H28N4O2. The molecule has 128 valence electrons. The molecule has 1 saturated heterocycles. The second kappa shape index (κ2) is 7.62. The Bertz CT molecular complexity index is 537. The summed E-state index contributed by atoms with van der Waals surface area (Å²) >= 11 is 0. The second-order valence-electron chi connectivity index (χ2n) is 6.75. The predicted octanol–water partition coefficient (Wildman–Crippen LogP) is 3.33. The number of ether oxygens (including phenoxy) is 1. The zero-order chi connectivity index (χ0) is 17.0. The molecule has 0 atom stereocenters. The number of carbonyl (C=O) groups excluding carboxylic acids is 1. The molecular weight excluding hydrogens is 292 g/mol. The summed E-state index contributed by atoms with van der Waals surface area (Å²) in [5.41, 5.74) is 0.976. The number of piperidine rings is 1. The summed E-state index contributed by atoms with van der Waals surface area (Å²) in [5.74, 6) is 2.05. The van der Waals surface area contributed by atoms with Crippen LogP contribution in [0.5, 0.6) is 0 Å². The Hall–Kier alpha value is -1.85. The van der Waals surface area contributed by atoms with Gasteiger partial charge in [-0.25, -0.2) is 14.8 Å². The Kier molecular flexibility index (Phi) is 5.80. The molecule has 0 aliphatic carbocycles. The molecule has 1 fully saturated rings. The smallest absolute Gasteiger partial charge is 0.410 e. The van der Waals surface area contributed by atoms with E-state index < -0.39 is 0 Å². The summed E-state index contributed by atoms with van der Waals surface area (Å²) in [6.45, 7) is 11.3. The van der Waals surface area contributed by atoms with Crippen LogP contribution in [0.1, 0.15) is 58.0 Å². The first-order chi connectivity index (χ1) is 10.8. The highest BCUT2D eigenvalue weighted by molar-refractivity contribution is 5.67. The number of hydrogen-bond acceptors (Lipinski definition) is 5. The Morgan fingerprint density at radius 1 is 1.26 bits per heavy atom. The third kappa shape index (κ3) is 5.08. The summed E-state index contributed by atoms with van der Waals surface area (Å²) in [7, 11) is 0. The molecule has 0 spiro atoms. The minimum absolute atomic E-state index is 0.0724. The van der Waals surface area contributed by atoms with E-state index in [1.165, 1.54) is 0 Å². The molecule has 1 N–H and O–H groups in total. The number of hydrogen-bond donors (Lipinski definition) is 1. The van der Waals surface area contributed by atoms with Crippen LogP contribution in [0.2, 0.25) is 0 Å². The summed E-state index contributed by atoms with van der Waals surface area (Å²) in [6, 6.07) is 2.30. The van der Waals surface area contributed by atoms with Crippen molar-refractivity contribution in [3.05, 3.63) is 17.6 Å². The summed E-state index contributed by atoms with van der Waals surface area (Å²) in [6.07, 6.45) is 1.51. The number of amides is 1. The van der Waals surface area contributed by atoms with Crippen molar-refractivity contribution in [1.82, 2.24) is 14.9 Å². The predicted molar refractivity (Wildman–Crippen MR) is 90.7 cm³/mol. The molecule has 6 nitrogen and oxygen atoms in total. The lowest BCUT2D eigenvalue weighted by Crippen LogP contribution is -2.43. The minimum atomic E-state index is -0.210. The van der Waals surface area contributed by atoms with Crippen molar-refractivity contribution in [2.24, 2.45) is 0 Å². The monoisotopic (exact) mass is 320 g/mol. The molecule has 1 aromatic rings. The van der Waals surface area contributed by atoms with E-state index in [4.69, 9.17) is 4.74 Å². The third-order valence-corrected chi connectivity index (χ3v) is 3.83. The topological polar surface area (TPSA) is 67.4 Å². The van der Waals surface area contributed by atoms with Crippen LogP contribution in [0.4, 0.5) is 10.6 Å². The fourth-order valence-electron chi connectivity index (χ4n) is 2.62. The number of carbonyl (C=O) groups is 1. The lowest BCUT2D eigenvalue weighted by molar-refractivity contribution is 0.0701. The first kappa shape index (κ1) is 17.5. The van der Waals surface area contributed by atoms with Gasteiger partial charge in [-0.1, -0.05) is 13.8 Å². The number of nitrogens with one attached hydrogen (secondary N) is 1. The molecule has 2 rings (SSSR count). The van der Waals surface area contributed by atoms with Gasteiger partial charge < -0.3 is 15.0 Å². The SMILES string of the molecule is Cc1cc(NC2CCN(C(=O)OC(C)C)CC2)nc(C(C)C)n1. The van der Waals surface area contributed by atoms with Gasteiger partial charge in [0.25, 0.3) is 0 Å². The van der Waals surface area contributed by atoms with Crippen LogP contribution in [0.25, 0.3) is 0 Å². The number of nitrogens with zero attached hydrogens (tertiary/aromatic N) is 3. The Labute approximate surface area is 138 Å². The molecule has 0 bridgehead atoms. The fourth-order valence-corrected chi connectivity index (χ4v) is 2.62. The number of aryl methyl sites for hydroxylation is 1. The number of aromatic nitrogens is 2. The van der Waals surface area contributed by atoms with E-state index in [-0.39, 0.29) is 12.2 Å². The average Bonchev–Trinajstić information content (AvgIpc) is 2.46. The molecule has 1 aliphatic rings. The molecule has 2 heterocycles. The van der Waals surface area contributed by atoms with Crippen LogP contribution in [-0.4, -0.2) is 46.2 Å². The van der Waals surface area contributed by atoms with Gasteiger partial charge >= 0.3 is 6.09 Å². The summed E-state index contributed by atoms with van der Waals surface area (Å²) < 4.78 is 5.25. The van der Waals surface area contributed by atoms with Gasteiger partial charge in [-0.3, -0.25) is 0 Å². The number of rotatable bonds is 4. The summed E-state index contributed by atoms with van der Waals surface area (Å²) in [4.78, 5) is 22.7. The highest BCUT2D eigenvalue weighted by atomic mass is 16.6. The van der Waals surface area contributed by atoms with Crippen LogP contribution in [0.15, 0.2) is 6.07 Å². The van der Waals surface area contributed by atoms with Crippen molar-refractivity contribution in [3.63, 3.8) is 0 Å². The maximum Gasteiger partial charge on any atom is 0.410 e. The van der Waals surface area contributed by atoms with Crippen LogP contribution in [0.3, 0.4) is 0 Å². The van der Waals surface area contributed by atoms with Gasteiger partial charge in [-0.2, -0.15) is 0 Å². The van der Waals surface area contributed by atoms with E-state index in [1.54, 1.807) is 4.90 Å². The molecule has 0 radical (unpaired) electrons. The van der Waals surface area contributed by atoms with Crippen molar-refractivity contribution >= 4 is 11.9 Å². The van der Waals surface area contributed by atoms with E-state index >= 15 is 0 Å². The van der Waals surface area contributed by atoms with E-state index in [1.807, 2.05) is 26.8 Å². The molecule has 0 aromatic carbocycles. The van der Waals surface area contributed by atoms with Crippen molar-refractivity contribution in [3.8, 4) is 0 Å². The van der Waals surface area contributed by atoms with Crippen LogP contribution < -0.4 is 5.32 Å². The van der Waals surface area contributed by atoms with Crippen molar-refractivity contribution in [2.75, 3.05) is 18.4 Å². The number of likely N-dealkylation sites (tertiary alicyclic amines) is 1. The van der Waals surface area contributed by atoms with Crippen LogP contribution >= 0.6 is 0 Å². The van der Waals surface area contributed by atoms with Gasteiger partial charge in [0.1, 0.15) is 11.6 Å². The Balaban J connectivity index is 1.90. The second-order valence-corrected chi connectivity index (χ2v) is 6.75. The lowest BCUT2D eigenvalue weighted by atomic mass is 10.1. The largest absolute Gasteiger partial charge is 0.447 e. The molecule has 23 heavy (non-hydrogen) atoms. The van der Waals surface area contributed by atoms with Crippen molar-refractivity contribution < 1.29 is 9.53 Å². The van der Waals surface area contributed by atoms with Gasteiger partial charge in [-0.15, -0.1) is 0 Å². The van der Waals surface area contributed by atoms with Crippen molar-refractivity contribution in [2.45, 2.75) is 65.5 Å². The zero-order valence-electron chi connectivity index (χ0n) is 14.8. The molecule has 0 unspecified atom stereocenters. The van der Waals surface area contributed by atoms with Gasteiger partial charge in [0.15, 0.2) is 0 Å². The maximum atomic E-state index is 11.9. The maximum absolute atomic E-state index is 11.9. The lowest BCUT2D eigenvalue weighted by Gasteiger charge is -2.32. The first-order valence-electron chi connectivity index (χ1n) is 8.43. The quantitative estimate of drug-likeness (QED) is 0.921. The molecule has 1 aliphatic heterocycles. The van der Waals surface area contributed by atoms with E-state index in [2.05, 4.69) is 29.1 Å². The zero-order valence-corrected chi connectivity index (χ0v) is 14.8. The van der Waals surface area contributed by atoms with Crippen LogP contribution in [0, 0.1) is 6.92 Å². The van der Waals surface area contributed by atoms with E-state index in [9.17, 15) is 4.79 Å². The third-order valence-electron chi connectivity index (χ3n) is 3.83. The molecule has 1 amide bonds. The molecule has 6 heteroatoms. The number of anilines is 1. The summed E-state index contributed by atoms with van der Waals surface area (Å²) in [5, 5.41) is 3.49. The Morgan fingerprint density at radius 2 is 1.91 bits per heavy atom. The molecule has 1 aromatic heterocycles.